The van der Waals surface area contributed by atoms with Crippen molar-refractivity contribution in [3.05, 3.63) is 35.1 Å². The number of hydrogen-bond acceptors (Lipinski definition) is 7. The van der Waals surface area contributed by atoms with E-state index in [1.807, 2.05) is 6.07 Å². The fourth-order valence-corrected chi connectivity index (χ4v) is 3.37. The third-order valence-corrected chi connectivity index (χ3v) is 5.07. The van der Waals surface area contributed by atoms with Gasteiger partial charge in [0, 0.05) is 25.7 Å². The van der Waals surface area contributed by atoms with Gasteiger partial charge in [-0.1, -0.05) is 0 Å². The van der Waals surface area contributed by atoms with Crippen molar-refractivity contribution < 1.29 is 28.2 Å². The quantitative estimate of drug-likeness (QED) is 0.653. The number of rotatable bonds is 6. The molecule has 2 atom stereocenters. The number of nitriles is 1. The molecule has 29 heavy (non-hydrogen) atoms. The van der Waals surface area contributed by atoms with Gasteiger partial charge in [0.1, 0.15) is 11.9 Å². The molecule has 156 valence electrons. The summed E-state index contributed by atoms with van der Waals surface area (Å²) in [7, 11) is 4.07. The number of hydrogen-bond donors (Lipinski definition) is 0. The van der Waals surface area contributed by atoms with E-state index >= 15 is 0 Å². The molecule has 0 radical (unpaired) electrons. The molecule has 0 N–H and O–H groups in total. The van der Waals surface area contributed by atoms with Crippen LogP contribution in [0, 0.1) is 23.1 Å². The van der Waals surface area contributed by atoms with E-state index in [4.69, 9.17) is 14.7 Å². The van der Waals surface area contributed by atoms with Crippen molar-refractivity contribution in [2.24, 2.45) is 5.92 Å². The van der Waals surface area contributed by atoms with E-state index in [2.05, 4.69) is 0 Å². The molecule has 0 aliphatic carbocycles. The molecule has 1 heterocycles. The van der Waals surface area contributed by atoms with Crippen molar-refractivity contribution in [1.82, 2.24) is 9.80 Å². The number of carbonyl (C=O) groups is 3. The van der Waals surface area contributed by atoms with Crippen LogP contribution in [0.2, 0.25) is 0 Å². The molecule has 0 bridgehead atoms. The van der Waals surface area contributed by atoms with Crippen molar-refractivity contribution in [3.8, 4) is 6.07 Å². The molecule has 2 unspecified atom stereocenters. The highest BCUT2D eigenvalue weighted by Gasteiger charge is 2.38. The summed E-state index contributed by atoms with van der Waals surface area (Å²) >= 11 is 0. The van der Waals surface area contributed by atoms with Crippen LogP contribution in [0.1, 0.15) is 24.0 Å². The van der Waals surface area contributed by atoms with Crippen molar-refractivity contribution >= 4 is 17.8 Å². The zero-order valence-corrected chi connectivity index (χ0v) is 16.7. The van der Waals surface area contributed by atoms with Gasteiger partial charge in [0.05, 0.1) is 38.3 Å². The number of likely N-dealkylation sites (N-methyl/N-ethyl adjacent to an activating group) is 1. The molecule has 9 heteroatoms. The second-order valence-electron chi connectivity index (χ2n) is 6.92. The molecule has 1 amide bonds. The zero-order chi connectivity index (χ0) is 21.6. The Morgan fingerprint density at radius 1 is 1.28 bits per heavy atom. The van der Waals surface area contributed by atoms with Gasteiger partial charge in [-0.05, 0) is 31.0 Å². The van der Waals surface area contributed by atoms with Gasteiger partial charge in [0.15, 0.2) is 0 Å². The highest BCUT2D eigenvalue weighted by Crippen LogP contribution is 2.25. The summed E-state index contributed by atoms with van der Waals surface area (Å²) in [6.07, 6.45) is 0.658. The summed E-state index contributed by atoms with van der Waals surface area (Å²) in [5, 5.41) is 8.96. The molecule has 0 aromatic heterocycles. The van der Waals surface area contributed by atoms with E-state index in [1.165, 1.54) is 44.4 Å². The molecule has 1 saturated heterocycles. The number of ether oxygens (including phenoxy) is 2. The fourth-order valence-electron chi connectivity index (χ4n) is 3.37. The minimum absolute atomic E-state index is 0.0122. The number of benzene rings is 1. The summed E-state index contributed by atoms with van der Waals surface area (Å²) in [6, 6.07) is 5.16. The smallest absolute Gasteiger partial charge is 0.323 e. The Morgan fingerprint density at radius 2 is 1.97 bits per heavy atom. The Morgan fingerprint density at radius 3 is 2.59 bits per heavy atom. The Labute approximate surface area is 168 Å². The third-order valence-electron chi connectivity index (χ3n) is 5.07. The van der Waals surface area contributed by atoms with Crippen LogP contribution in [0.4, 0.5) is 4.39 Å². The first-order valence-electron chi connectivity index (χ1n) is 9.12. The van der Waals surface area contributed by atoms with E-state index in [0.29, 0.717) is 18.5 Å². The van der Waals surface area contributed by atoms with Crippen LogP contribution in [0.25, 0.3) is 0 Å². The monoisotopic (exact) mass is 405 g/mol. The van der Waals surface area contributed by atoms with Gasteiger partial charge in [-0.3, -0.25) is 19.3 Å². The number of nitrogens with zero attached hydrogens (tertiary/aromatic N) is 3. The highest BCUT2D eigenvalue weighted by molar-refractivity contribution is 5.81. The standard InChI is InChI=1S/C20H24FN3O5/c1-23(11-15-8-13(10-22)4-5-16(15)21)18(25)12-24-7-6-14(19(26)28-2)9-17(24)20(27)29-3/h4-5,8,14,17H,6-7,9,11-12H2,1-3H3. The van der Waals surface area contributed by atoms with Crippen molar-refractivity contribution in [2.45, 2.75) is 25.4 Å². The lowest BCUT2D eigenvalue weighted by Crippen LogP contribution is -2.52. The SMILES string of the molecule is COC(=O)C1CCN(CC(=O)N(C)Cc2cc(C#N)ccc2F)C(C(=O)OC)C1. The Bertz CT molecular complexity index is 823. The lowest BCUT2D eigenvalue weighted by molar-refractivity contribution is -0.155. The largest absolute Gasteiger partial charge is 0.469 e. The fraction of sp³-hybridized carbons (Fsp3) is 0.500. The molecule has 0 spiro atoms. The maximum atomic E-state index is 14.0. The topological polar surface area (TPSA) is 99.9 Å². The second kappa shape index (κ2) is 9.98. The van der Waals surface area contributed by atoms with Gasteiger partial charge in [0.2, 0.25) is 5.91 Å². The first kappa shape index (κ1) is 22.3. The number of halogens is 1. The lowest BCUT2D eigenvalue weighted by atomic mass is 9.90. The summed E-state index contributed by atoms with van der Waals surface area (Å²) in [5.74, 6) is -2.18. The van der Waals surface area contributed by atoms with E-state index in [0.717, 1.165) is 0 Å². The zero-order valence-electron chi connectivity index (χ0n) is 16.7. The number of esters is 2. The van der Waals surface area contributed by atoms with Crippen molar-refractivity contribution in [1.29, 1.82) is 5.26 Å². The number of carbonyl (C=O) groups excluding carboxylic acids is 3. The average Bonchev–Trinajstić information content (AvgIpc) is 2.74. The van der Waals surface area contributed by atoms with Gasteiger partial charge in [-0.2, -0.15) is 5.26 Å². The van der Waals surface area contributed by atoms with Crippen LogP contribution in [0.5, 0.6) is 0 Å². The van der Waals surface area contributed by atoms with Gasteiger partial charge < -0.3 is 14.4 Å². The second-order valence-corrected chi connectivity index (χ2v) is 6.92. The third kappa shape index (κ3) is 5.51. The van der Waals surface area contributed by atoms with Crippen LogP contribution in [0.15, 0.2) is 18.2 Å². The number of methoxy groups -OCH3 is 2. The Hall–Kier alpha value is -2.99. The van der Waals surface area contributed by atoms with Crippen LogP contribution in [-0.2, 0) is 30.4 Å². The van der Waals surface area contributed by atoms with Gasteiger partial charge >= 0.3 is 11.9 Å². The Kier molecular flexibility index (Phi) is 7.67. The highest BCUT2D eigenvalue weighted by atomic mass is 19.1. The first-order valence-corrected chi connectivity index (χ1v) is 9.12. The molecule has 8 nitrogen and oxygen atoms in total. The van der Waals surface area contributed by atoms with Gasteiger partial charge in [0.25, 0.3) is 0 Å². The molecule has 1 aliphatic rings. The van der Waals surface area contributed by atoms with Crippen molar-refractivity contribution in [2.75, 3.05) is 34.4 Å². The van der Waals surface area contributed by atoms with Crippen LogP contribution in [-0.4, -0.2) is 68.0 Å². The molecular formula is C20H24FN3O5. The molecule has 1 aliphatic heterocycles. The summed E-state index contributed by atoms with van der Waals surface area (Å²) in [4.78, 5) is 39.6. The minimum Gasteiger partial charge on any atom is -0.469 e. The van der Waals surface area contributed by atoms with Crippen LogP contribution >= 0.6 is 0 Å². The first-order chi connectivity index (χ1) is 13.8. The maximum Gasteiger partial charge on any atom is 0.323 e. The minimum atomic E-state index is -0.742. The normalized spacial score (nSPS) is 19.1. The predicted molar refractivity (Wildman–Crippen MR) is 99.7 cm³/mol. The van der Waals surface area contributed by atoms with E-state index < -0.39 is 29.7 Å². The molecule has 1 fully saturated rings. The molecule has 2 rings (SSSR count). The van der Waals surface area contributed by atoms with E-state index in [1.54, 1.807) is 4.90 Å². The molecule has 1 aromatic carbocycles. The van der Waals surface area contributed by atoms with Crippen molar-refractivity contribution in [3.63, 3.8) is 0 Å². The Balaban J connectivity index is 2.06. The van der Waals surface area contributed by atoms with E-state index in [-0.39, 0.29) is 31.0 Å². The number of piperidine rings is 1. The molecule has 1 aromatic rings. The molecular weight excluding hydrogens is 381 g/mol. The maximum absolute atomic E-state index is 14.0. The van der Waals surface area contributed by atoms with Gasteiger partial charge in [-0.25, -0.2) is 4.39 Å². The summed E-state index contributed by atoms with van der Waals surface area (Å²) in [5.41, 5.74) is 0.534. The van der Waals surface area contributed by atoms with Crippen LogP contribution in [0.3, 0.4) is 0 Å². The average molecular weight is 405 g/mol. The van der Waals surface area contributed by atoms with Gasteiger partial charge in [-0.15, -0.1) is 0 Å². The van der Waals surface area contributed by atoms with Crippen LogP contribution < -0.4 is 0 Å². The summed E-state index contributed by atoms with van der Waals surface area (Å²) < 4.78 is 23.6. The summed E-state index contributed by atoms with van der Waals surface area (Å²) in [6.45, 7) is 0.253. The number of amides is 1. The van der Waals surface area contributed by atoms with E-state index in [9.17, 15) is 18.8 Å². The predicted octanol–water partition coefficient (Wildman–Crippen LogP) is 1.08. The lowest BCUT2D eigenvalue weighted by Gasteiger charge is -2.37. The molecule has 0 saturated carbocycles. The number of likely N-dealkylation sites (tertiary alicyclic amines) is 1.